The molecule has 0 unspecified atom stereocenters. The Labute approximate surface area is 121 Å². The van der Waals surface area contributed by atoms with Gasteiger partial charge >= 0.3 is 0 Å². The van der Waals surface area contributed by atoms with Gasteiger partial charge in [0, 0.05) is 5.69 Å². The molecular weight excluding hydrogens is 297 g/mol. The first kappa shape index (κ1) is 15.0. The van der Waals surface area contributed by atoms with E-state index >= 15 is 0 Å². The lowest BCUT2D eigenvalue weighted by Gasteiger charge is -2.10. The minimum Gasteiger partial charge on any atom is -0.545 e. The van der Waals surface area contributed by atoms with Crippen LogP contribution in [0.4, 0.5) is 10.1 Å². The molecule has 0 aromatic heterocycles. The summed E-state index contributed by atoms with van der Waals surface area (Å²) in [5.41, 5.74) is 0.438. The fourth-order valence-electron chi connectivity index (χ4n) is 1.63. The molecule has 2 aromatic rings. The number of carboxylic acids is 1. The van der Waals surface area contributed by atoms with Crippen LogP contribution in [0.2, 0.25) is 0 Å². The van der Waals surface area contributed by atoms with E-state index in [1.165, 1.54) is 43.3 Å². The average Bonchev–Trinajstić information content (AvgIpc) is 2.42. The molecule has 110 valence electrons. The summed E-state index contributed by atoms with van der Waals surface area (Å²) in [6, 6.07) is 8.57. The van der Waals surface area contributed by atoms with E-state index in [9.17, 15) is 22.7 Å². The van der Waals surface area contributed by atoms with Gasteiger partial charge in [-0.15, -0.1) is 0 Å². The van der Waals surface area contributed by atoms with Gasteiger partial charge in [0.15, 0.2) is 0 Å². The number of rotatable bonds is 4. The highest BCUT2D eigenvalue weighted by molar-refractivity contribution is 7.92. The van der Waals surface area contributed by atoms with E-state index < -0.39 is 21.8 Å². The number of halogens is 1. The maximum absolute atomic E-state index is 13.4. The standard InChI is InChI=1S/C14H12FNO4S/c1-9-2-7-12(8-13(9)15)21(19,20)16-11-5-3-10(4-6-11)14(17)18/h2-8,16H,1H3,(H,17,18)/p-1. The van der Waals surface area contributed by atoms with Gasteiger partial charge in [0.1, 0.15) is 5.82 Å². The molecule has 0 radical (unpaired) electrons. The highest BCUT2D eigenvalue weighted by atomic mass is 32.2. The van der Waals surface area contributed by atoms with Crippen LogP contribution in [0.3, 0.4) is 0 Å². The van der Waals surface area contributed by atoms with Crippen molar-refractivity contribution >= 4 is 21.7 Å². The summed E-state index contributed by atoms with van der Waals surface area (Å²) >= 11 is 0. The molecule has 5 nitrogen and oxygen atoms in total. The summed E-state index contributed by atoms with van der Waals surface area (Å²) in [4.78, 5) is 10.4. The van der Waals surface area contributed by atoms with Crippen molar-refractivity contribution < 1.29 is 22.7 Å². The molecule has 0 aliphatic rings. The van der Waals surface area contributed by atoms with E-state index in [4.69, 9.17) is 0 Å². The predicted molar refractivity (Wildman–Crippen MR) is 72.7 cm³/mol. The van der Waals surface area contributed by atoms with E-state index in [-0.39, 0.29) is 16.1 Å². The van der Waals surface area contributed by atoms with E-state index in [0.717, 1.165) is 6.07 Å². The third-order valence-corrected chi connectivity index (χ3v) is 4.21. The van der Waals surface area contributed by atoms with Gasteiger partial charge in [-0.05, 0) is 42.3 Å². The second-order valence-electron chi connectivity index (χ2n) is 4.38. The number of benzene rings is 2. The normalized spacial score (nSPS) is 11.1. The maximum atomic E-state index is 13.4. The van der Waals surface area contributed by atoms with Gasteiger partial charge in [0.2, 0.25) is 0 Å². The summed E-state index contributed by atoms with van der Waals surface area (Å²) in [5, 5.41) is 10.6. The minimum atomic E-state index is -3.94. The Kier molecular flexibility index (Phi) is 3.95. The van der Waals surface area contributed by atoms with Crippen LogP contribution in [-0.2, 0) is 10.0 Å². The van der Waals surface area contributed by atoms with E-state index in [1.807, 2.05) is 0 Å². The van der Waals surface area contributed by atoms with Gasteiger partial charge in [-0.1, -0.05) is 18.2 Å². The van der Waals surface area contributed by atoms with Crippen LogP contribution in [0.15, 0.2) is 47.4 Å². The molecule has 0 amide bonds. The van der Waals surface area contributed by atoms with Gasteiger partial charge in [-0.3, -0.25) is 4.72 Å². The topological polar surface area (TPSA) is 86.3 Å². The van der Waals surface area contributed by atoms with Gasteiger partial charge in [-0.2, -0.15) is 0 Å². The summed E-state index contributed by atoms with van der Waals surface area (Å²) in [7, 11) is -3.94. The Morgan fingerprint density at radius 2 is 1.76 bits per heavy atom. The number of hydrogen-bond donors (Lipinski definition) is 1. The van der Waals surface area contributed by atoms with E-state index in [0.29, 0.717) is 5.56 Å². The Hall–Kier alpha value is -2.41. The summed E-state index contributed by atoms with van der Waals surface area (Å²) in [6.07, 6.45) is 0. The summed E-state index contributed by atoms with van der Waals surface area (Å²) in [6.45, 7) is 1.53. The van der Waals surface area contributed by atoms with Crippen LogP contribution < -0.4 is 9.83 Å². The van der Waals surface area contributed by atoms with Crippen LogP contribution in [0.25, 0.3) is 0 Å². The van der Waals surface area contributed by atoms with Crippen LogP contribution in [0.1, 0.15) is 15.9 Å². The largest absolute Gasteiger partial charge is 0.545 e. The number of aryl methyl sites for hydroxylation is 1. The second kappa shape index (κ2) is 5.53. The number of carbonyl (C=O) groups excluding carboxylic acids is 1. The van der Waals surface area contributed by atoms with Crippen molar-refractivity contribution in [2.45, 2.75) is 11.8 Å². The molecule has 0 aliphatic heterocycles. The molecule has 0 heterocycles. The summed E-state index contributed by atoms with van der Waals surface area (Å²) in [5.74, 6) is -1.98. The Morgan fingerprint density at radius 3 is 2.29 bits per heavy atom. The smallest absolute Gasteiger partial charge is 0.261 e. The number of nitrogens with one attached hydrogen (secondary N) is 1. The Morgan fingerprint density at radius 1 is 1.14 bits per heavy atom. The number of aromatic carboxylic acids is 1. The molecule has 1 N–H and O–H groups in total. The molecule has 21 heavy (non-hydrogen) atoms. The van der Waals surface area contributed by atoms with Crippen molar-refractivity contribution in [3.63, 3.8) is 0 Å². The van der Waals surface area contributed by atoms with Crippen LogP contribution in [0.5, 0.6) is 0 Å². The molecule has 0 spiro atoms. The number of hydrogen-bond acceptors (Lipinski definition) is 4. The van der Waals surface area contributed by atoms with Gasteiger partial charge in [0.05, 0.1) is 10.9 Å². The molecule has 7 heteroatoms. The SMILES string of the molecule is Cc1ccc(S(=O)(=O)Nc2ccc(C(=O)[O-])cc2)cc1F. The lowest BCUT2D eigenvalue weighted by atomic mass is 10.2. The third kappa shape index (κ3) is 3.38. The number of anilines is 1. The molecule has 0 saturated heterocycles. The van der Waals surface area contributed by atoms with Gasteiger partial charge in [-0.25, -0.2) is 12.8 Å². The molecule has 2 aromatic carbocycles. The lowest BCUT2D eigenvalue weighted by Crippen LogP contribution is -2.22. The quantitative estimate of drug-likeness (QED) is 0.922. The van der Waals surface area contributed by atoms with Crippen molar-refractivity contribution in [3.05, 3.63) is 59.4 Å². The zero-order valence-corrected chi connectivity index (χ0v) is 11.8. The second-order valence-corrected chi connectivity index (χ2v) is 6.06. The lowest BCUT2D eigenvalue weighted by molar-refractivity contribution is -0.255. The van der Waals surface area contributed by atoms with E-state index in [1.54, 1.807) is 0 Å². The predicted octanol–water partition coefficient (Wildman–Crippen LogP) is 1.30. The molecule has 0 aliphatic carbocycles. The highest BCUT2D eigenvalue weighted by Gasteiger charge is 2.15. The van der Waals surface area contributed by atoms with Gasteiger partial charge < -0.3 is 9.90 Å². The Bertz CT molecular complexity index is 785. The van der Waals surface area contributed by atoms with Crippen molar-refractivity contribution in [1.82, 2.24) is 0 Å². The first-order chi connectivity index (χ1) is 9.79. The van der Waals surface area contributed by atoms with Crippen LogP contribution in [0, 0.1) is 12.7 Å². The number of carbonyl (C=O) groups is 1. The monoisotopic (exact) mass is 308 g/mol. The molecular formula is C14H11FNO4S-. The third-order valence-electron chi connectivity index (χ3n) is 2.83. The zero-order chi connectivity index (χ0) is 15.6. The van der Waals surface area contributed by atoms with Crippen molar-refractivity contribution in [2.24, 2.45) is 0 Å². The maximum Gasteiger partial charge on any atom is 0.261 e. The highest BCUT2D eigenvalue weighted by Crippen LogP contribution is 2.18. The minimum absolute atomic E-state index is 0.0701. The van der Waals surface area contributed by atoms with E-state index in [2.05, 4.69) is 4.72 Å². The van der Waals surface area contributed by atoms with Crippen molar-refractivity contribution in [2.75, 3.05) is 4.72 Å². The molecule has 0 bridgehead atoms. The first-order valence-electron chi connectivity index (χ1n) is 5.90. The van der Waals surface area contributed by atoms with Crippen molar-refractivity contribution in [1.29, 1.82) is 0 Å². The van der Waals surface area contributed by atoms with Crippen LogP contribution >= 0.6 is 0 Å². The average molecular weight is 308 g/mol. The number of sulfonamides is 1. The molecule has 0 saturated carbocycles. The molecule has 2 rings (SSSR count). The first-order valence-corrected chi connectivity index (χ1v) is 7.38. The molecule has 0 atom stereocenters. The summed E-state index contributed by atoms with van der Waals surface area (Å²) < 4.78 is 39.8. The van der Waals surface area contributed by atoms with Gasteiger partial charge in [0.25, 0.3) is 10.0 Å². The molecule has 0 fully saturated rings. The Balaban J connectivity index is 2.28. The number of carboxylic acid groups (broad SMARTS) is 1. The van der Waals surface area contributed by atoms with Crippen LogP contribution in [-0.4, -0.2) is 14.4 Å². The fraction of sp³-hybridized carbons (Fsp3) is 0.0714. The zero-order valence-electron chi connectivity index (χ0n) is 11.0. The fourth-order valence-corrected chi connectivity index (χ4v) is 2.70. The van der Waals surface area contributed by atoms with Crippen molar-refractivity contribution in [3.8, 4) is 0 Å².